The Morgan fingerprint density at radius 1 is 0.516 bits per heavy atom. The lowest BCUT2D eigenvalue weighted by molar-refractivity contribution is -0.903. The molecular formula is C27H60N2O2+2. The molecule has 4 heteroatoms. The van der Waals surface area contributed by atoms with Crippen molar-refractivity contribution in [3.63, 3.8) is 0 Å². The van der Waals surface area contributed by atoms with E-state index in [9.17, 15) is 0 Å². The SMILES string of the molecule is CCCCCCCCOCC(CCCCCOCCCC)(C[N+](C)(C)C)C[N+](C)(C)C. The summed E-state index contributed by atoms with van der Waals surface area (Å²) in [6, 6.07) is 0. The van der Waals surface area contributed by atoms with Crippen molar-refractivity contribution >= 4 is 0 Å². The number of unbranched alkanes of at least 4 members (excludes halogenated alkanes) is 8. The molecule has 0 saturated carbocycles. The van der Waals surface area contributed by atoms with Crippen LogP contribution in [0.2, 0.25) is 0 Å². The smallest absolute Gasteiger partial charge is 0.0915 e. The van der Waals surface area contributed by atoms with Crippen LogP contribution >= 0.6 is 0 Å². The van der Waals surface area contributed by atoms with Crippen LogP contribution in [0, 0.1) is 5.41 Å². The van der Waals surface area contributed by atoms with Gasteiger partial charge in [0.2, 0.25) is 0 Å². The van der Waals surface area contributed by atoms with Crippen molar-refractivity contribution in [2.45, 2.75) is 90.9 Å². The van der Waals surface area contributed by atoms with E-state index in [1.165, 1.54) is 90.1 Å². The average Bonchev–Trinajstić information content (AvgIpc) is 2.63. The molecule has 0 amide bonds. The van der Waals surface area contributed by atoms with Crippen LogP contribution in [0.5, 0.6) is 0 Å². The van der Waals surface area contributed by atoms with Crippen molar-refractivity contribution in [1.29, 1.82) is 0 Å². The van der Waals surface area contributed by atoms with Crippen molar-refractivity contribution in [2.75, 3.05) is 81.8 Å². The molecule has 0 N–H and O–H groups in total. The summed E-state index contributed by atoms with van der Waals surface area (Å²) in [5, 5.41) is 0. The molecule has 4 nitrogen and oxygen atoms in total. The van der Waals surface area contributed by atoms with E-state index in [0.29, 0.717) is 0 Å². The average molecular weight is 445 g/mol. The second-order valence-corrected chi connectivity index (χ2v) is 12.0. The molecule has 0 spiro atoms. The Balaban J connectivity index is 4.68. The van der Waals surface area contributed by atoms with Crippen LogP contribution in [0.1, 0.15) is 90.9 Å². The zero-order valence-corrected chi connectivity index (χ0v) is 22.9. The van der Waals surface area contributed by atoms with E-state index in [1.54, 1.807) is 0 Å². The summed E-state index contributed by atoms with van der Waals surface area (Å²) in [5.74, 6) is 0. The molecule has 0 heterocycles. The number of ether oxygens (including phenoxy) is 2. The van der Waals surface area contributed by atoms with Gasteiger partial charge in [-0.3, -0.25) is 0 Å². The van der Waals surface area contributed by atoms with Gasteiger partial charge >= 0.3 is 0 Å². The first-order chi connectivity index (χ1) is 14.5. The molecule has 0 unspecified atom stereocenters. The Morgan fingerprint density at radius 2 is 0.968 bits per heavy atom. The third-order valence-corrected chi connectivity index (χ3v) is 5.81. The molecule has 0 aliphatic carbocycles. The fraction of sp³-hybridized carbons (Fsp3) is 1.00. The van der Waals surface area contributed by atoms with Crippen LogP contribution in [-0.4, -0.2) is 90.8 Å². The zero-order chi connectivity index (χ0) is 23.6. The number of hydrogen-bond acceptors (Lipinski definition) is 2. The molecule has 0 atom stereocenters. The second-order valence-electron chi connectivity index (χ2n) is 12.0. The van der Waals surface area contributed by atoms with Gasteiger partial charge in [0.25, 0.3) is 0 Å². The quantitative estimate of drug-likeness (QED) is 0.147. The lowest BCUT2D eigenvalue weighted by atomic mass is 9.81. The molecule has 0 rings (SSSR count). The highest BCUT2D eigenvalue weighted by molar-refractivity contribution is 4.79. The van der Waals surface area contributed by atoms with Crippen LogP contribution in [0.15, 0.2) is 0 Å². The predicted molar refractivity (Wildman–Crippen MR) is 137 cm³/mol. The third kappa shape index (κ3) is 20.2. The topological polar surface area (TPSA) is 18.5 Å². The van der Waals surface area contributed by atoms with Crippen LogP contribution < -0.4 is 0 Å². The molecule has 0 bridgehead atoms. The monoisotopic (exact) mass is 444 g/mol. The van der Waals surface area contributed by atoms with Gasteiger partial charge in [-0.2, -0.15) is 0 Å². The summed E-state index contributed by atoms with van der Waals surface area (Å²) in [6.45, 7) is 10.5. The Morgan fingerprint density at radius 3 is 1.52 bits per heavy atom. The van der Waals surface area contributed by atoms with E-state index in [0.717, 1.165) is 35.4 Å². The Hall–Kier alpha value is -0.160. The molecule has 0 aromatic rings. The molecular weight excluding hydrogens is 384 g/mol. The molecule has 0 aromatic heterocycles. The first-order valence-electron chi connectivity index (χ1n) is 13.3. The molecule has 188 valence electrons. The Kier molecular flexibility index (Phi) is 17.2. The molecule has 31 heavy (non-hydrogen) atoms. The van der Waals surface area contributed by atoms with Gasteiger partial charge in [-0.1, -0.05) is 65.2 Å². The van der Waals surface area contributed by atoms with Crippen molar-refractivity contribution in [1.82, 2.24) is 0 Å². The predicted octanol–water partition coefficient (Wildman–Crippen LogP) is 6.14. The van der Waals surface area contributed by atoms with E-state index in [1.807, 2.05) is 0 Å². The number of hydrogen-bond donors (Lipinski definition) is 0. The van der Waals surface area contributed by atoms with Crippen molar-refractivity contribution < 1.29 is 18.4 Å². The van der Waals surface area contributed by atoms with E-state index in [4.69, 9.17) is 9.47 Å². The first-order valence-corrected chi connectivity index (χ1v) is 13.3. The van der Waals surface area contributed by atoms with Gasteiger partial charge in [-0.25, -0.2) is 0 Å². The standard InChI is InChI=1S/C27H60N2O2/c1-9-11-13-14-15-18-23-31-26-27(24-28(3,4)5,25-29(6,7)8)20-17-16-19-22-30-21-12-10-2/h9-26H2,1-8H3/q+2. The molecule has 0 aromatic carbocycles. The number of quaternary nitrogens is 2. The molecule has 0 aliphatic heterocycles. The van der Waals surface area contributed by atoms with Gasteiger partial charge in [-0.05, 0) is 25.7 Å². The number of rotatable bonds is 22. The van der Waals surface area contributed by atoms with Crippen molar-refractivity contribution in [2.24, 2.45) is 5.41 Å². The van der Waals surface area contributed by atoms with Crippen molar-refractivity contribution in [3.8, 4) is 0 Å². The van der Waals surface area contributed by atoms with Gasteiger partial charge < -0.3 is 18.4 Å². The molecule has 0 saturated heterocycles. The normalized spacial score (nSPS) is 13.2. The van der Waals surface area contributed by atoms with E-state index in [2.05, 4.69) is 56.1 Å². The summed E-state index contributed by atoms with van der Waals surface area (Å²) >= 11 is 0. The van der Waals surface area contributed by atoms with E-state index >= 15 is 0 Å². The Bertz CT molecular complexity index is 361. The summed E-state index contributed by atoms with van der Waals surface area (Å²) in [5.41, 5.74) is 0.238. The maximum absolute atomic E-state index is 6.38. The third-order valence-electron chi connectivity index (χ3n) is 5.81. The minimum Gasteiger partial charge on any atom is -0.381 e. The highest BCUT2D eigenvalue weighted by Gasteiger charge is 2.40. The van der Waals surface area contributed by atoms with Crippen LogP contribution in [0.3, 0.4) is 0 Å². The van der Waals surface area contributed by atoms with Crippen LogP contribution in [0.25, 0.3) is 0 Å². The first kappa shape index (κ1) is 30.8. The molecule has 0 aliphatic rings. The van der Waals surface area contributed by atoms with Gasteiger partial charge in [-0.15, -0.1) is 0 Å². The van der Waals surface area contributed by atoms with E-state index in [-0.39, 0.29) is 5.41 Å². The highest BCUT2D eigenvalue weighted by atomic mass is 16.5. The lowest BCUT2D eigenvalue weighted by Crippen LogP contribution is -2.55. The van der Waals surface area contributed by atoms with Gasteiger partial charge in [0, 0.05) is 19.8 Å². The second kappa shape index (κ2) is 17.3. The maximum atomic E-state index is 6.38. The van der Waals surface area contributed by atoms with Gasteiger partial charge in [0.15, 0.2) is 0 Å². The fourth-order valence-electron chi connectivity index (χ4n) is 4.89. The summed E-state index contributed by atoms with van der Waals surface area (Å²) in [7, 11) is 14.0. The Labute approximate surface area is 196 Å². The van der Waals surface area contributed by atoms with Crippen LogP contribution in [0.4, 0.5) is 0 Å². The van der Waals surface area contributed by atoms with Crippen LogP contribution in [-0.2, 0) is 9.47 Å². The zero-order valence-electron chi connectivity index (χ0n) is 22.9. The maximum Gasteiger partial charge on any atom is 0.0915 e. The summed E-state index contributed by atoms with van der Waals surface area (Å²) < 4.78 is 14.1. The van der Waals surface area contributed by atoms with Gasteiger partial charge in [0.1, 0.15) is 0 Å². The lowest BCUT2D eigenvalue weighted by Gasteiger charge is -2.42. The van der Waals surface area contributed by atoms with E-state index < -0.39 is 0 Å². The van der Waals surface area contributed by atoms with Crippen molar-refractivity contribution in [3.05, 3.63) is 0 Å². The van der Waals surface area contributed by atoms with Gasteiger partial charge in [0.05, 0.1) is 67.4 Å². The largest absolute Gasteiger partial charge is 0.381 e. The minimum atomic E-state index is 0.238. The summed E-state index contributed by atoms with van der Waals surface area (Å²) in [6.07, 6.45) is 15.4. The number of nitrogens with zero attached hydrogens (tertiary/aromatic N) is 2. The minimum absolute atomic E-state index is 0.238. The molecule has 0 fully saturated rings. The molecule has 0 radical (unpaired) electrons. The highest BCUT2D eigenvalue weighted by Crippen LogP contribution is 2.31. The summed E-state index contributed by atoms with van der Waals surface area (Å²) in [4.78, 5) is 0. The fourth-order valence-corrected chi connectivity index (χ4v) is 4.89.